The standard InChI is InChI=1S/C16H27NO2/c1-12(2)15(11-18-4)17-13(3)10-14-8-6-7-9-16(14)19-5/h6-9,12-13,15,17H,10-11H2,1-5H3. The van der Waals surface area contributed by atoms with Gasteiger partial charge < -0.3 is 14.8 Å². The second-order valence-electron chi connectivity index (χ2n) is 5.39. The molecule has 0 bridgehead atoms. The Labute approximate surface area is 117 Å². The lowest BCUT2D eigenvalue weighted by Crippen LogP contribution is -2.43. The summed E-state index contributed by atoms with van der Waals surface area (Å²) in [4.78, 5) is 0. The third-order valence-corrected chi connectivity index (χ3v) is 3.37. The molecular formula is C16H27NO2. The highest BCUT2D eigenvalue weighted by Crippen LogP contribution is 2.19. The fourth-order valence-electron chi connectivity index (χ4n) is 2.24. The summed E-state index contributed by atoms with van der Waals surface area (Å²) in [6.07, 6.45) is 0.955. The normalized spacial score (nSPS) is 14.4. The quantitative estimate of drug-likeness (QED) is 0.784. The van der Waals surface area contributed by atoms with Crippen LogP contribution in [0.25, 0.3) is 0 Å². The summed E-state index contributed by atoms with van der Waals surface area (Å²) in [7, 11) is 3.47. The highest BCUT2D eigenvalue weighted by atomic mass is 16.5. The molecule has 3 heteroatoms. The van der Waals surface area contributed by atoms with Gasteiger partial charge in [0.15, 0.2) is 0 Å². The molecule has 1 aromatic rings. The average Bonchev–Trinajstić information content (AvgIpc) is 2.38. The van der Waals surface area contributed by atoms with Crippen molar-refractivity contribution in [2.24, 2.45) is 5.92 Å². The monoisotopic (exact) mass is 265 g/mol. The van der Waals surface area contributed by atoms with Crippen molar-refractivity contribution in [1.29, 1.82) is 0 Å². The number of methoxy groups -OCH3 is 2. The molecule has 0 aromatic heterocycles. The number of nitrogens with one attached hydrogen (secondary N) is 1. The Balaban J connectivity index is 2.60. The molecule has 0 aliphatic rings. The minimum atomic E-state index is 0.384. The van der Waals surface area contributed by atoms with Gasteiger partial charge >= 0.3 is 0 Å². The average molecular weight is 265 g/mol. The fourth-order valence-corrected chi connectivity index (χ4v) is 2.24. The van der Waals surface area contributed by atoms with E-state index in [-0.39, 0.29) is 0 Å². The third-order valence-electron chi connectivity index (χ3n) is 3.37. The van der Waals surface area contributed by atoms with Crippen LogP contribution in [0.5, 0.6) is 5.75 Å². The molecule has 3 nitrogen and oxygen atoms in total. The second kappa shape index (κ2) is 8.18. The first-order valence-corrected chi connectivity index (χ1v) is 6.95. The van der Waals surface area contributed by atoms with Gasteiger partial charge in [-0.2, -0.15) is 0 Å². The van der Waals surface area contributed by atoms with Crippen molar-refractivity contribution in [2.45, 2.75) is 39.3 Å². The highest BCUT2D eigenvalue weighted by Gasteiger charge is 2.16. The van der Waals surface area contributed by atoms with Gasteiger partial charge in [-0.05, 0) is 30.9 Å². The van der Waals surface area contributed by atoms with Gasteiger partial charge in [0, 0.05) is 19.2 Å². The number of hydrogen-bond donors (Lipinski definition) is 1. The van der Waals surface area contributed by atoms with E-state index >= 15 is 0 Å². The molecule has 2 atom stereocenters. The summed E-state index contributed by atoms with van der Waals surface area (Å²) in [6, 6.07) is 8.96. The van der Waals surface area contributed by atoms with Crippen LogP contribution >= 0.6 is 0 Å². The zero-order chi connectivity index (χ0) is 14.3. The van der Waals surface area contributed by atoms with Crippen LogP contribution in [0.1, 0.15) is 26.3 Å². The first-order valence-electron chi connectivity index (χ1n) is 6.95. The van der Waals surface area contributed by atoms with E-state index in [0.717, 1.165) is 18.8 Å². The largest absolute Gasteiger partial charge is 0.496 e. The van der Waals surface area contributed by atoms with Gasteiger partial charge in [-0.1, -0.05) is 32.0 Å². The van der Waals surface area contributed by atoms with E-state index in [1.165, 1.54) is 5.56 Å². The fraction of sp³-hybridized carbons (Fsp3) is 0.625. The molecule has 2 unspecified atom stereocenters. The van der Waals surface area contributed by atoms with Crippen molar-refractivity contribution >= 4 is 0 Å². The Morgan fingerprint density at radius 1 is 1.11 bits per heavy atom. The first-order chi connectivity index (χ1) is 9.08. The second-order valence-corrected chi connectivity index (χ2v) is 5.39. The summed E-state index contributed by atoms with van der Waals surface area (Å²) in [5.74, 6) is 1.52. The Morgan fingerprint density at radius 2 is 1.79 bits per heavy atom. The number of hydrogen-bond acceptors (Lipinski definition) is 3. The smallest absolute Gasteiger partial charge is 0.122 e. The molecule has 1 rings (SSSR count). The van der Waals surface area contributed by atoms with E-state index in [4.69, 9.17) is 9.47 Å². The maximum atomic E-state index is 5.39. The van der Waals surface area contributed by atoms with Crippen molar-refractivity contribution < 1.29 is 9.47 Å². The van der Waals surface area contributed by atoms with E-state index in [0.29, 0.717) is 18.0 Å². The molecule has 0 fully saturated rings. The third kappa shape index (κ3) is 5.21. The van der Waals surface area contributed by atoms with E-state index in [2.05, 4.69) is 38.2 Å². The van der Waals surface area contributed by atoms with E-state index in [1.807, 2.05) is 12.1 Å². The van der Waals surface area contributed by atoms with Gasteiger partial charge in [-0.25, -0.2) is 0 Å². The summed E-state index contributed by atoms with van der Waals surface area (Å²) < 4.78 is 10.7. The van der Waals surface area contributed by atoms with Gasteiger partial charge in [-0.15, -0.1) is 0 Å². The van der Waals surface area contributed by atoms with E-state index in [9.17, 15) is 0 Å². The minimum absolute atomic E-state index is 0.384. The molecule has 0 aliphatic heterocycles. The molecule has 1 N–H and O–H groups in total. The molecule has 0 radical (unpaired) electrons. The Bertz CT molecular complexity index is 366. The molecule has 0 saturated carbocycles. The minimum Gasteiger partial charge on any atom is -0.496 e. The van der Waals surface area contributed by atoms with E-state index < -0.39 is 0 Å². The van der Waals surface area contributed by atoms with Gasteiger partial charge in [-0.3, -0.25) is 0 Å². The molecule has 0 saturated heterocycles. The summed E-state index contributed by atoms with van der Waals surface area (Å²) >= 11 is 0. The molecule has 0 spiro atoms. The predicted octanol–water partition coefficient (Wildman–Crippen LogP) is 2.89. The zero-order valence-corrected chi connectivity index (χ0v) is 12.8. The SMILES string of the molecule is COCC(NC(C)Cc1ccccc1OC)C(C)C. The van der Waals surface area contributed by atoms with Gasteiger partial charge in [0.2, 0.25) is 0 Å². The number of benzene rings is 1. The number of ether oxygens (including phenoxy) is 2. The topological polar surface area (TPSA) is 30.5 Å². The maximum absolute atomic E-state index is 5.39. The predicted molar refractivity (Wildman–Crippen MR) is 79.8 cm³/mol. The van der Waals surface area contributed by atoms with Crippen molar-refractivity contribution in [2.75, 3.05) is 20.8 Å². The lowest BCUT2D eigenvalue weighted by atomic mass is 10.0. The Hall–Kier alpha value is -1.06. The molecule has 0 amide bonds. The lowest BCUT2D eigenvalue weighted by Gasteiger charge is -2.26. The van der Waals surface area contributed by atoms with Crippen molar-refractivity contribution in [1.82, 2.24) is 5.32 Å². The van der Waals surface area contributed by atoms with Crippen molar-refractivity contribution in [3.05, 3.63) is 29.8 Å². The van der Waals surface area contributed by atoms with Crippen LogP contribution in [-0.2, 0) is 11.2 Å². The summed E-state index contributed by atoms with van der Waals surface area (Å²) in [5.41, 5.74) is 1.24. The number of para-hydroxylation sites is 1. The van der Waals surface area contributed by atoms with Crippen molar-refractivity contribution in [3.63, 3.8) is 0 Å². The molecule has 1 aromatic carbocycles. The van der Waals surface area contributed by atoms with E-state index in [1.54, 1.807) is 14.2 Å². The molecular weight excluding hydrogens is 238 g/mol. The Morgan fingerprint density at radius 3 is 2.37 bits per heavy atom. The Kier molecular flexibility index (Phi) is 6.89. The van der Waals surface area contributed by atoms with Gasteiger partial charge in [0.25, 0.3) is 0 Å². The molecule has 0 aliphatic carbocycles. The van der Waals surface area contributed by atoms with Gasteiger partial charge in [0.1, 0.15) is 5.75 Å². The van der Waals surface area contributed by atoms with Crippen LogP contribution in [0.4, 0.5) is 0 Å². The van der Waals surface area contributed by atoms with Gasteiger partial charge in [0.05, 0.1) is 13.7 Å². The van der Waals surface area contributed by atoms with Crippen LogP contribution in [0.3, 0.4) is 0 Å². The van der Waals surface area contributed by atoms with Crippen LogP contribution in [0, 0.1) is 5.92 Å². The van der Waals surface area contributed by atoms with Crippen LogP contribution in [0.15, 0.2) is 24.3 Å². The lowest BCUT2D eigenvalue weighted by molar-refractivity contribution is 0.141. The van der Waals surface area contributed by atoms with Crippen LogP contribution in [-0.4, -0.2) is 32.9 Å². The van der Waals surface area contributed by atoms with Crippen LogP contribution in [0.2, 0.25) is 0 Å². The molecule has 0 heterocycles. The molecule has 108 valence electrons. The molecule has 19 heavy (non-hydrogen) atoms. The van der Waals surface area contributed by atoms with Crippen molar-refractivity contribution in [3.8, 4) is 5.75 Å². The summed E-state index contributed by atoms with van der Waals surface area (Å²) in [5, 5.41) is 3.64. The zero-order valence-electron chi connectivity index (χ0n) is 12.8. The summed E-state index contributed by atoms with van der Waals surface area (Å²) in [6.45, 7) is 7.38. The first kappa shape index (κ1) is 16.0. The highest BCUT2D eigenvalue weighted by molar-refractivity contribution is 5.33. The maximum Gasteiger partial charge on any atom is 0.122 e. The van der Waals surface area contributed by atoms with Crippen LogP contribution < -0.4 is 10.1 Å². The number of rotatable bonds is 8.